The Bertz CT molecular complexity index is 1270. The minimum Gasteiger partial charge on any atom is -0.497 e. The third-order valence-electron chi connectivity index (χ3n) is 5.34. The summed E-state index contributed by atoms with van der Waals surface area (Å²) in [5.41, 5.74) is 5.91. The van der Waals surface area contributed by atoms with Crippen molar-refractivity contribution < 1.29 is 9.15 Å². The van der Waals surface area contributed by atoms with Crippen molar-refractivity contribution in [2.75, 3.05) is 12.4 Å². The minimum absolute atomic E-state index is 0.234. The first kappa shape index (κ1) is 16.6. The van der Waals surface area contributed by atoms with Crippen LogP contribution in [-0.4, -0.2) is 7.11 Å². The molecule has 4 nitrogen and oxygen atoms in total. The third-order valence-corrected chi connectivity index (χ3v) is 5.34. The Labute approximate surface area is 162 Å². The highest BCUT2D eigenvalue weighted by Gasteiger charge is 2.32. The average molecular weight is 369 g/mol. The first-order valence-electron chi connectivity index (χ1n) is 9.23. The number of aryl methyl sites for hydroxylation is 1. The summed E-state index contributed by atoms with van der Waals surface area (Å²) in [7, 11) is 1.65. The van der Waals surface area contributed by atoms with Crippen molar-refractivity contribution in [1.82, 2.24) is 0 Å². The fraction of sp³-hybridized carbons (Fsp3) is 0.125. The van der Waals surface area contributed by atoms with E-state index in [-0.39, 0.29) is 11.5 Å². The van der Waals surface area contributed by atoms with Crippen molar-refractivity contribution >= 4 is 22.3 Å². The smallest absolute Gasteiger partial charge is 0.342 e. The van der Waals surface area contributed by atoms with Crippen molar-refractivity contribution in [3.05, 3.63) is 99.4 Å². The lowest BCUT2D eigenvalue weighted by Crippen LogP contribution is -2.22. The molecule has 4 heteroatoms. The van der Waals surface area contributed by atoms with Gasteiger partial charge in [-0.05, 0) is 48.4 Å². The Morgan fingerprint density at radius 1 is 1.00 bits per heavy atom. The fourth-order valence-corrected chi connectivity index (χ4v) is 4.05. The first-order chi connectivity index (χ1) is 13.7. The summed E-state index contributed by atoms with van der Waals surface area (Å²) < 4.78 is 11.1. The van der Waals surface area contributed by atoms with Gasteiger partial charge in [0.25, 0.3) is 0 Å². The van der Waals surface area contributed by atoms with Crippen molar-refractivity contribution in [3.63, 3.8) is 0 Å². The fourth-order valence-electron chi connectivity index (χ4n) is 4.05. The van der Waals surface area contributed by atoms with Gasteiger partial charge in [-0.1, -0.05) is 42.0 Å². The third kappa shape index (κ3) is 2.49. The highest BCUT2D eigenvalue weighted by molar-refractivity contribution is 5.96. The predicted molar refractivity (Wildman–Crippen MR) is 111 cm³/mol. The number of fused-ring (bicyclic) bond motifs is 4. The topological polar surface area (TPSA) is 51.5 Å². The van der Waals surface area contributed by atoms with Crippen LogP contribution in [0.25, 0.3) is 11.0 Å². The van der Waals surface area contributed by atoms with E-state index >= 15 is 0 Å². The van der Waals surface area contributed by atoms with E-state index < -0.39 is 0 Å². The molecule has 1 aliphatic heterocycles. The molecule has 0 fully saturated rings. The molecule has 1 aliphatic rings. The molecule has 0 radical (unpaired) electrons. The van der Waals surface area contributed by atoms with E-state index in [2.05, 4.69) is 30.4 Å². The largest absolute Gasteiger partial charge is 0.497 e. The van der Waals surface area contributed by atoms with Gasteiger partial charge in [-0.2, -0.15) is 0 Å². The Hall–Kier alpha value is -3.53. The van der Waals surface area contributed by atoms with E-state index in [1.807, 2.05) is 48.5 Å². The van der Waals surface area contributed by atoms with Gasteiger partial charge in [-0.25, -0.2) is 4.79 Å². The van der Waals surface area contributed by atoms with Crippen LogP contribution in [0.3, 0.4) is 0 Å². The summed E-state index contributed by atoms with van der Waals surface area (Å²) >= 11 is 0. The number of hydrogen-bond donors (Lipinski definition) is 1. The van der Waals surface area contributed by atoms with Gasteiger partial charge >= 0.3 is 5.63 Å². The SMILES string of the molecule is COc1cccc(C2c3cc(C)ccc3Nc3c2c(=O)oc2ccccc32)c1. The molecule has 0 bridgehead atoms. The van der Waals surface area contributed by atoms with E-state index in [4.69, 9.17) is 9.15 Å². The molecular weight excluding hydrogens is 350 g/mol. The summed E-state index contributed by atoms with van der Waals surface area (Å²) in [6.45, 7) is 2.06. The Balaban J connectivity index is 1.87. The summed E-state index contributed by atoms with van der Waals surface area (Å²) in [6, 6.07) is 21.8. The van der Waals surface area contributed by atoms with Crippen LogP contribution in [0, 0.1) is 6.92 Å². The second-order valence-corrected chi connectivity index (χ2v) is 7.10. The first-order valence-corrected chi connectivity index (χ1v) is 9.23. The molecular formula is C24H19NO3. The highest BCUT2D eigenvalue weighted by Crippen LogP contribution is 2.46. The van der Waals surface area contributed by atoms with E-state index in [1.54, 1.807) is 7.11 Å². The van der Waals surface area contributed by atoms with Gasteiger partial charge in [-0.3, -0.25) is 0 Å². The molecule has 1 aromatic heterocycles. The standard InChI is InChI=1S/C24H19NO3/c1-14-10-11-19-18(12-14)21(15-6-5-7-16(13-15)27-2)22-23(25-19)17-8-3-4-9-20(17)28-24(22)26/h3-13,21,25H,1-2H3. The minimum atomic E-state index is -0.318. The van der Waals surface area contributed by atoms with Gasteiger partial charge in [0.1, 0.15) is 11.3 Å². The molecule has 1 N–H and O–H groups in total. The molecule has 5 rings (SSSR count). The predicted octanol–water partition coefficient (Wildman–Crippen LogP) is 5.35. The monoisotopic (exact) mass is 369 g/mol. The lowest BCUT2D eigenvalue weighted by Gasteiger charge is -2.30. The van der Waals surface area contributed by atoms with Crippen molar-refractivity contribution in [2.45, 2.75) is 12.8 Å². The maximum absolute atomic E-state index is 13.1. The van der Waals surface area contributed by atoms with Gasteiger partial charge in [0, 0.05) is 17.0 Å². The second-order valence-electron chi connectivity index (χ2n) is 7.10. The quantitative estimate of drug-likeness (QED) is 0.426. The van der Waals surface area contributed by atoms with Crippen molar-refractivity contribution in [1.29, 1.82) is 0 Å². The van der Waals surface area contributed by atoms with Gasteiger partial charge in [0.05, 0.1) is 18.4 Å². The van der Waals surface area contributed by atoms with Gasteiger partial charge < -0.3 is 14.5 Å². The summed E-state index contributed by atoms with van der Waals surface area (Å²) in [4.78, 5) is 13.1. The molecule has 2 heterocycles. The molecule has 0 saturated carbocycles. The van der Waals surface area contributed by atoms with Crippen molar-refractivity contribution in [3.8, 4) is 5.75 Å². The maximum Gasteiger partial charge on any atom is 0.342 e. The van der Waals surface area contributed by atoms with Crippen LogP contribution >= 0.6 is 0 Å². The Morgan fingerprint density at radius 2 is 1.86 bits per heavy atom. The lowest BCUT2D eigenvalue weighted by molar-refractivity contribution is 0.414. The number of benzene rings is 3. The normalized spacial score (nSPS) is 14.9. The molecule has 1 unspecified atom stereocenters. The average Bonchev–Trinajstić information content (AvgIpc) is 2.72. The van der Waals surface area contributed by atoms with E-state index in [1.165, 1.54) is 0 Å². The molecule has 3 aromatic carbocycles. The Kier molecular flexibility index (Phi) is 3.72. The molecule has 0 saturated heterocycles. The summed E-state index contributed by atoms with van der Waals surface area (Å²) in [6.07, 6.45) is 0. The van der Waals surface area contributed by atoms with E-state index in [9.17, 15) is 4.79 Å². The lowest BCUT2D eigenvalue weighted by atomic mass is 9.80. The van der Waals surface area contributed by atoms with Gasteiger partial charge in [0.15, 0.2) is 0 Å². The van der Waals surface area contributed by atoms with E-state index in [0.717, 1.165) is 39.2 Å². The zero-order valence-corrected chi connectivity index (χ0v) is 15.7. The van der Waals surface area contributed by atoms with Crippen LogP contribution in [0.5, 0.6) is 5.75 Å². The number of rotatable bonds is 2. The number of ether oxygens (including phenoxy) is 1. The zero-order chi connectivity index (χ0) is 19.3. The molecule has 1 atom stereocenters. The molecule has 28 heavy (non-hydrogen) atoms. The Morgan fingerprint density at radius 3 is 2.71 bits per heavy atom. The van der Waals surface area contributed by atoms with Crippen LogP contribution in [0.1, 0.15) is 28.2 Å². The van der Waals surface area contributed by atoms with Crippen LogP contribution in [0.2, 0.25) is 0 Å². The van der Waals surface area contributed by atoms with Crippen LogP contribution in [-0.2, 0) is 0 Å². The molecule has 4 aromatic rings. The molecule has 0 spiro atoms. The molecule has 0 amide bonds. The van der Waals surface area contributed by atoms with Gasteiger partial charge in [-0.15, -0.1) is 0 Å². The van der Waals surface area contributed by atoms with Crippen LogP contribution in [0.15, 0.2) is 75.9 Å². The van der Waals surface area contributed by atoms with Crippen molar-refractivity contribution in [2.24, 2.45) is 0 Å². The maximum atomic E-state index is 13.1. The number of hydrogen-bond acceptors (Lipinski definition) is 4. The van der Waals surface area contributed by atoms with Crippen LogP contribution < -0.4 is 15.7 Å². The number of anilines is 2. The number of methoxy groups -OCH3 is 1. The van der Waals surface area contributed by atoms with Crippen LogP contribution in [0.4, 0.5) is 11.4 Å². The summed E-state index contributed by atoms with van der Waals surface area (Å²) in [5, 5.41) is 4.39. The molecule has 0 aliphatic carbocycles. The number of para-hydroxylation sites is 1. The highest BCUT2D eigenvalue weighted by atomic mass is 16.5. The number of nitrogens with one attached hydrogen (secondary N) is 1. The second kappa shape index (κ2) is 6.27. The summed E-state index contributed by atoms with van der Waals surface area (Å²) in [5.74, 6) is 0.527. The zero-order valence-electron chi connectivity index (χ0n) is 15.7. The van der Waals surface area contributed by atoms with Gasteiger partial charge in [0.2, 0.25) is 0 Å². The molecule has 138 valence electrons. The van der Waals surface area contributed by atoms with E-state index in [0.29, 0.717) is 11.1 Å².